The molecule has 1 saturated carbocycles. The fourth-order valence-electron chi connectivity index (χ4n) is 8.05. The molecular weight excluding hydrogens is 448 g/mol. The second-order valence-corrected chi connectivity index (χ2v) is 11.1. The van der Waals surface area contributed by atoms with E-state index in [1.54, 1.807) is 6.08 Å². The second-order valence-electron chi connectivity index (χ2n) is 10.5. The van der Waals surface area contributed by atoms with Crippen molar-refractivity contribution in [2.24, 2.45) is 11.3 Å². The molecule has 2 aliphatic carbocycles. The third kappa shape index (κ3) is 2.55. The van der Waals surface area contributed by atoms with Crippen molar-refractivity contribution in [3.05, 3.63) is 71.8 Å². The van der Waals surface area contributed by atoms with Gasteiger partial charge in [0, 0.05) is 31.1 Å². The molecule has 0 N–H and O–H groups in total. The number of amides is 1. The molecule has 2 unspecified atom stereocenters. The zero-order valence-electron chi connectivity index (χ0n) is 19.7. The Balaban J connectivity index is 1.66. The molecule has 34 heavy (non-hydrogen) atoms. The summed E-state index contributed by atoms with van der Waals surface area (Å²) in [7, 11) is 1.43. The van der Waals surface area contributed by atoms with Gasteiger partial charge in [-0.15, -0.1) is 11.6 Å². The van der Waals surface area contributed by atoms with Crippen LogP contribution in [0.3, 0.4) is 0 Å². The van der Waals surface area contributed by atoms with Gasteiger partial charge in [-0.3, -0.25) is 14.5 Å². The van der Waals surface area contributed by atoms with Crippen LogP contribution in [0.25, 0.3) is 0 Å². The molecule has 0 bridgehead atoms. The van der Waals surface area contributed by atoms with Gasteiger partial charge in [-0.2, -0.15) is 0 Å². The lowest BCUT2D eigenvalue weighted by Crippen LogP contribution is -2.73. The zero-order chi connectivity index (χ0) is 23.7. The van der Waals surface area contributed by atoms with Crippen LogP contribution in [-0.2, 0) is 20.9 Å². The predicted molar refractivity (Wildman–Crippen MR) is 131 cm³/mol. The largest absolute Gasteiger partial charge is 0.468 e. The van der Waals surface area contributed by atoms with E-state index in [1.807, 2.05) is 23.1 Å². The number of piperidine rings is 1. The number of carbonyl (C=O) groups is 2. The number of likely N-dealkylation sites (tertiary alicyclic amines) is 1. The molecule has 178 valence electrons. The molecule has 1 aromatic carbocycles. The number of halogens is 1. The van der Waals surface area contributed by atoms with Crippen LogP contribution in [0.4, 0.5) is 0 Å². The molecule has 1 aromatic rings. The molecule has 3 heterocycles. The average molecular weight is 479 g/mol. The number of methoxy groups -OCH3 is 1. The summed E-state index contributed by atoms with van der Waals surface area (Å²) < 4.78 is 5.44. The van der Waals surface area contributed by atoms with E-state index >= 15 is 0 Å². The number of hydrogen-bond donors (Lipinski definition) is 0. The van der Waals surface area contributed by atoms with Crippen LogP contribution >= 0.6 is 11.6 Å². The summed E-state index contributed by atoms with van der Waals surface area (Å²) in [6.07, 6.45) is 13.6. The van der Waals surface area contributed by atoms with E-state index in [4.69, 9.17) is 16.3 Å². The summed E-state index contributed by atoms with van der Waals surface area (Å²) >= 11 is 7.65. The highest BCUT2D eigenvalue weighted by Gasteiger charge is 2.81. The number of alkyl halides is 1. The van der Waals surface area contributed by atoms with Crippen molar-refractivity contribution < 1.29 is 14.3 Å². The summed E-state index contributed by atoms with van der Waals surface area (Å²) in [6.45, 7) is 3.52. The highest BCUT2D eigenvalue weighted by Crippen LogP contribution is 2.70. The molecule has 6 atom stereocenters. The molecule has 6 heteroatoms. The molecule has 0 aromatic heterocycles. The van der Waals surface area contributed by atoms with Crippen molar-refractivity contribution in [3.63, 3.8) is 0 Å². The van der Waals surface area contributed by atoms with E-state index in [1.165, 1.54) is 7.11 Å². The standard InChI is InChI=1S/C28H31ClN2O3/c1-3-26-14-9-15-30-23(32)16-21-20-12-7-8-13-22(20)31(17-19-10-5-4-6-11-19)28(21,24(26)30)27(29,18-26)25(33)34-2/h4-8,10-13,16,20,22,24H,3,9,14-15,17-18H2,1-2H3/t20?,22?,24-,26-,27-,28+/m0/s1. The van der Waals surface area contributed by atoms with Gasteiger partial charge < -0.3 is 9.64 Å². The Kier molecular flexibility index (Phi) is 4.92. The molecule has 2 saturated heterocycles. The van der Waals surface area contributed by atoms with Crippen molar-refractivity contribution >= 4 is 23.5 Å². The first-order chi connectivity index (χ1) is 16.4. The summed E-state index contributed by atoms with van der Waals surface area (Å²) in [4.78, 5) is 30.5. The van der Waals surface area contributed by atoms with Crippen molar-refractivity contribution in [1.82, 2.24) is 9.80 Å². The molecule has 6 rings (SSSR count). The van der Waals surface area contributed by atoms with Gasteiger partial charge in [-0.25, -0.2) is 0 Å². The zero-order valence-corrected chi connectivity index (χ0v) is 20.5. The van der Waals surface area contributed by atoms with E-state index < -0.39 is 10.4 Å². The van der Waals surface area contributed by atoms with Gasteiger partial charge in [0.1, 0.15) is 0 Å². The number of fused-ring (bicyclic) bond motifs is 2. The fourth-order valence-corrected chi connectivity index (χ4v) is 8.71. The smallest absolute Gasteiger partial charge is 0.329 e. The minimum Gasteiger partial charge on any atom is -0.468 e. The Morgan fingerprint density at radius 3 is 2.71 bits per heavy atom. The average Bonchev–Trinajstić information content (AvgIpc) is 3.29. The lowest BCUT2D eigenvalue weighted by atomic mass is 9.65. The number of rotatable bonds is 4. The second kappa shape index (κ2) is 7.56. The van der Waals surface area contributed by atoms with Crippen LogP contribution in [0.1, 0.15) is 38.2 Å². The Hall–Kier alpha value is -2.37. The molecule has 1 spiro atoms. The third-order valence-electron chi connectivity index (χ3n) is 9.25. The first kappa shape index (κ1) is 22.1. The van der Waals surface area contributed by atoms with Crippen LogP contribution in [0.15, 0.2) is 66.3 Å². The van der Waals surface area contributed by atoms with Crippen LogP contribution in [0, 0.1) is 11.3 Å². The van der Waals surface area contributed by atoms with Crippen molar-refractivity contribution in [3.8, 4) is 0 Å². The first-order valence-electron chi connectivity index (χ1n) is 12.4. The van der Waals surface area contributed by atoms with Gasteiger partial charge in [0.15, 0.2) is 4.87 Å². The maximum absolute atomic E-state index is 13.7. The van der Waals surface area contributed by atoms with Crippen LogP contribution < -0.4 is 0 Å². The van der Waals surface area contributed by atoms with E-state index in [0.717, 1.165) is 30.4 Å². The Morgan fingerprint density at radius 1 is 1.21 bits per heavy atom. The number of esters is 1. The van der Waals surface area contributed by atoms with Crippen LogP contribution in [-0.4, -0.2) is 57.8 Å². The molecule has 3 fully saturated rings. The normalized spacial score (nSPS) is 40.0. The topological polar surface area (TPSA) is 49.9 Å². The first-order valence-corrected chi connectivity index (χ1v) is 12.8. The number of carbonyl (C=O) groups excluding carboxylic acids is 2. The van der Waals surface area contributed by atoms with Crippen molar-refractivity contribution in [2.75, 3.05) is 13.7 Å². The van der Waals surface area contributed by atoms with Gasteiger partial charge in [0.2, 0.25) is 5.91 Å². The Morgan fingerprint density at radius 2 is 1.97 bits per heavy atom. The Labute approximate surface area is 206 Å². The summed E-state index contributed by atoms with van der Waals surface area (Å²) in [5, 5.41) is 0. The monoisotopic (exact) mass is 478 g/mol. The molecule has 5 nitrogen and oxygen atoms in total. The maximum Gasteiger partial charge on any atom is 0.329 e. The summed E-state index contributed by atoms with van der Waals surface area (Å²) in [6, 6.07) is 10.2. The van der Waals surface area contributed by atoms with E-state index in [-0.39, 0.29) is 35.3 Å². The minimum atomic E-state index is -1.29. The quantitative estimate of drug-likeness (QED) is 0.480. The third-order valence-corrected chi connectivity index (χ3v) is 9.83. The van der Waals surface area contributed by atoms with E-state index in [2.05, 4.69) is 48.3 Å². The number of ether oxygens (including phenoxy) is 1. The van der Waals surface area contributed by atoms with Crippen LogP contribution in [0.2, 0.25) is 0 Å². The molecular formula is C28H31ClN2O3. The number of nitrogens with zero attached hydrogens (tertiary/aromatic N) is 2. The van der Waals surface area contributed by atoms with E-state index in [0.29, 0.717) is 19.5 Å². The molecule has 0 radical (unpaired) electrons. The van der Waals surface area contributed by atoms with Crippen molar-refractivity contribution in [2.45, 2.75) is 61.6 Å². The number of hydrogen-bond acceptors (Lipinski definition) is 4. The van der Waals surface area contributed by atoms with Crippen molar-refractivity contribution in [1.29, 1.82) is 0 Å². The molecule has 3 aliphatic heterocycles. The summed E-state index contributed by atoms with van der Waals surface area (Å²) in [5.41, 5.74) is 1.07. The lowest BCUT2D eigenvalue weighted by Gasteiger charge is -2.57. The van der Waals surface area contributed by atoms with Gasteiger partial charge in [0.05, 0.1) is 18.7 Å². The fraction of sp³-hybridized carbons (Fsp3) is 0.500. The number of benzene rings is 1. The van der Waals surface area contributed by atoms with Gasteiger partial charge >= 0.3 is 5.97 Å². The van der Waals surface area contributed by atoms with Crippen LogP contribution in [0.5, 0.6) is 0 Å². The predicted octanol–water partition coefficient (Wildman–Crippen LogP) is 4.23. The molecule has 1 amide bonds. The van der Waals surface area contributed by atoms with Gasteiger partial charge in [-0.05, 0) is 42.2 Å². The minimum absolute atomic E-state index is 0.00261. The van der Waals surface area contributed by atoms with Gasteiger partial charge in [-0.1, -0.05) is 61.6 Å². The maximum atomic E-state index is 13.7. The lowest BCUT2D eigenvalue weighted by molar-refractivity contribution is -0.151. The number of allylic oxidation sites excluding steroid dienone is 2. The summed E-state index contributed by atoms with van der Waals surface area (Å²) in [5.74, 6) is -0.333. The van der Waals surface area contributed by atoms with Gasteiger partial charge in [0.25, 0.3) is 0 Å². The van der Waals surface area contributed by atoms with E-state index in [9.17, 15) is 9.59 Å². The highest BCUT2D eigenvalue weighted by molar-refractivity contribution is 6.36. The molecule has 5 aliphatic rings. The Bertz CT molecular complexity index is 1130. The highest BCUT2D eigenvalue weighted by atomic mass is 35.5. The SMILES string of the molecule is CC[C@@]12CCCN3C(=O)C=C4C5C=CC=CC5N(Cc5ccccc5)[C@]4([C@@H]31)[C@@](Cl)(C(=O)OC)C2.